The van der Waals surface area contributed by atoms with Crippen LogP contribution >= 0.6 is 11.3 Å². The Morgan fingerprint density at radius 1 is 1.60 bits per heavy atom. The average Bonchev–Trinajstić information content (AvgIpc) is 2.68. The molecule has 0 saturated carbocycles. The van der Waals surface area contributed by atoms with Crippen LogP contribution in [0.15, 0.2) is 12.1 Å². The standard InChI is InChI=1S/C10H15NO3S/c1-3-11(6-7-14-2)9-5-4-8(15-9)10(12)13/h4-5H,3,6-7H2,1-2H3,(H,12,13). The summed E-state index contributed by atoms with van der Waals surface area (Å²) in [6.07, 6.45) is 0. The quantitative estimate of drug-likeness (QED) is 0.809. The molecule has 0 radical (unpaired) electrons. The van der Waals surface area contributed by atoms with Gasteiger partial charge in [0, 0.05) is 20.2 Å². The maximum Gasteiger partial charge on any atom is 0.345 e. The molecule has 1 aromatic heterocycles. The van der Waals surface area contributed by atoms with Gasteiger partial charge in [-0.25, -0.2) is 4.79 Å². The summed E-state index contributed by atoms with van der Waals surface area (Å²) in [6.45, 7) is 4.32. The van der Waals surface area contributed by atoms with Gasteiger partial charge in [0.15, 0.2) is 0 Å². The van der Waals surface area contributed by atoms with Crippen molar-refractivity contribution < 1.29 is 14.6 Å². The first-order chi connectivity index (χ1) is 7.19. The Kier molecular flexibility index (Phi) is 4.58. The lowest BCUT2D eigenvalue weighted by atomic mass is 10.4. The normalized spacial score (nSPS) is 10.3. The van der Waals surface area contributed by atoms with E-state index in [2.05, 4.69) is 4.90 Å². The summed E-state index contributed by atoms with van der Waals surface area (Å²) >= 11 is 1.29. The Bertz CT molecular complexity index is 324. The molecule has 0 atom stereocenters. The minimum Gasteiger partial charge on any atom is -0.477 e. The van der Waals surface area contributed by atoms with E-state index in [4.69, 9.17) is 9.84 Å². The topological polar surface area (TPSA) is 49.8 Å². The van der Waals surface area contributed by atoms with Crippen LogP contribution in [0.1, 0.15) is 16.6 Å². The molecule has 0 spiro atoms. The molecule has 0 aliphatic heterocycles. The highest BCUT2D eigenvalue weighted by atomic mass is 32.1. The number of nitrogens with zero attached hydrogens (tertiary/aromatic N) is 1. The van der Waals surface area contributed by atoms with Gasteiger partial charge in [-0.05, 0) is 19.1 Å². The molecule has 1 heterocycles. The third-order valence-corrected chi connectivity index (χ3v) is 3.20. The Labute approximate surface area is 93.1 Å². The van der Waals surface area contributed by atoms with E-state index < -0.39 is 5.97 Å². The van der Waals surface area contributed by atoms with Crippen molar-refractivity contribution in [3.05, 3.63) is 17.0 Å². The molecule has 15 heavy (non-hydrogen) atoms. The second kappa shape index (κ2) is 5.72. The summed E-state index contributed by atoms with van der Waals surface area (Å²) in [5, 5.41) is 9.77. The third-order valence-electron chi connectivity index (χ3n) is 2.06. The van der Waals surface area contributed by atoms with Gasteiger partial charge in [-0.15, -0.1) is 11.3 Å². The van der Waals surface area contributed by atoms with Gasteiger partial charge in [0.25, 0.3) is 0 Å². The molecule has 0 aliphatic carbocycles. The largest absolute Gasteiger partial charge is 0.477 e. The van der Waals surface area contributed by atoms with Crippen LogP contribution in [0.25, 0.3) is 0 Å². The zero-order chi connectivity index (χ0) is 11.3. The van der Waals surface area contributed by atoms with Gasteiger partial charge in [0.1, 0.15) is 4.88 Å². The van der Waals surface area contributed by atoms with E-state index in [1.165, 1.54) is 11.3 Å². The maximum absolute atomic E-state index is 10.7. The van der Waals surface area contributed by atoms with Crippen LogP contribution in [0.3, 0.4) is 0 Å². The van der Waals surface area contributed by atoms with Gasteiger partial charge >= 0.3 is 5.97 Å². The lowest BCUT2D eigenvalue weighted by Gasteiger charge is -2.20. The molecule has 84 valence electrons. The fourth-order valence-corrected chi connectivity index (χ4v) is 2.17. The van der Waals surface area contributed by atoms with E-state index in [-0.39, 0.29) is 0 Å². The predicted octanol–water partition coefficient (Wildman–Crippen LogP) is 1.92. The number of carboxylic acid groups (broad SMARTS) is 1. The summed E-state index contributed by atoms with van der Waals surface area (Å²) in [5.74, 6) is -0.867. The van der Waals surface area contributed by atoms with Crippen molar-refractivity contribution in [2.45, 2.75) is 6.92 Å². The minimum atomic E-state index is -0.867. The average molecular weight is 229 g/mol. The molecule has 1 rings (SSSR count). The van der Waals surface area contributed by atoms with Crippen LogP contribution in [-0.4, -0.2) is 37.9 Å². The van der Waals surface area contributed by atoms with Crippen LogP contribution in [0, 0.1) is 0 Å². The van der Waals surface area contributed by atoms with Crippen LogP contribution in [0.5, 0.6) is 0 Å². The Balaban J connectivity index is 2.69. The molecule has 1 N–H and O–H groups in total. The van der Waals surface area contributed by atoms with Crippen molar-refractivity contribution in [3.8, 4) is 0 Å². The first kappa shape index (κ1) is 12.0. The van der Waals surface area contributed by atoms with E-state index in [0.29, 0.717) is 11.5 Å². The number of aromatic carboxylic acids is 1. The SMILES string of the molecule is CCN(CCOC)c1ccc(C(=O)O)s1. The molecular weight excluding hydrogens is 214 g/mol. The monoisotopic (exact) mass is 229 g/mol. The zero-order valence-electron chi connectivity index (χ0n) is 8.90. The van der Waals surface area contributed by atoms with E-state index in [1.54, 1.807) is 13.2 Å². The lowest BCUT2D eigenvalue weighted by molar-refractivity contribution is 0.0702. The van der Waals surface area contributed by atoms with Gasteiger partial charge in [-0.1, -0.05) is 0 Å². The summed E-state index contributed by atoms with van der Waals surface area (Å²) < 4.78 is 5.00. The number of hydrogen-bond acceptors (Lipinski definition) is 4. The second-order valence-corrected chi connectivity index (χ2v) is 4.08. The number of methoxy groups -OCH3 is 1. The van der Waals surface area contributed by atoms with Crippen molar-refractivity contribution >= 4 is 22.3 Å². The van der Waals surface area contributed by atoms with E-state index in [9.17, 15) is 4.79 Å². The summed E-state index contributed by atoms with van der Waals surface area (Å²) in [7, 11) is 1.66. The van der Waals surface area contributed by atoms with E-state index in [0.717, 1.165) is 18.1 Å². The highest BCUT2D eigenvalue weighted by Crippen LogP contribution is 2.25. The third kappa shape index (κ3) is 3.21. The Morgan fingerprint density at radius 3 is 2.80 bits per heavy atom. The van der Waals surface area contributed by atoms with Gasteiger partial charge in [-0.3, -0.25) is 0 Å². The fraction of sp³-hybridized carbons (Fsp3) is 0.500. The van der Waals surface area contributed by atoms with E-state index in [1.807, 2.05) is 13.0 Å². The van der Waals surface area contributed by atoms with Crippen molar-refractivity contribution in [3.63, 3.8) is 0 Å². The van der Waals surface area contributed by atoms with Crippen LogP contribution < -0.4 is 4.90 Å². The maximum atomic E-state index is 10.7. The number of rotatable bonds is 6. The van der Waals surface area contributed by atoms with E-state index >= 15 is 0 Å². The van der Waals surface area contributed by atoms with Gasteiger partial charge in [0.05, 0.1) is 11.6 Å². The first-order valence-corrected chi connectivity index (χ1v) is 5.57. The van der Waals surface area contributed by atoms with Crippen molar-refractivity contribution in [2.75, 3.05) is 31.7 Å². The molecule has 1 aromatic rings. The molecule has 0 saturated heterocycles. The van der Waals surface area contributed by atoms with Gasteiger partial charge in [-0.2, -0.15) is 0 Å². The first-order valence-electron chi connectivity index (χ1n) is 4.76. The molecule has 4 nitrogen and oxygen atoms in total. The van der Waals surface area contributed by atoms with Gasteiger partial charge < -0.3 is 14.7 Å². The fourth-order valence-electron chi connectivity index (χ4n) is 1.24. The molecule has 0 aliphatic rings. The van der Waals surface area contributed by atoms with Crippen LogP contribution in [0.2, 0.25) is 0 Å². The molecular formula is C10H15NO3S. The number of carbonyl (C=O) groups is 1. The highest BCUT2D eigenvalue weighted by Gasteiger charge is 2.10. The summed E-state index contributed by atoms with van der Waals surface area (Å²) in [5.41, 5.74) is 0. The van der Waals surface area contributed by atoms with Crippen LogP contribution in [-0.2, 0) is 4.74 Å². The number of ether oxygens (including phenoxy) is 1. The predicted molar refractivity (Wildman–Crippen MR) is 61.0 cm³/mol. The second-order valence-electron chi connectivity index (χ2n) is 3.02. The van der Waals surface area contributed by atoms with Crippen LogP contribution in [0.4, 0.5) is 5.00 Å². The molecule has 0 fully saturated rings. The molecule has 0 unspecified atom stereocenters. The summed E-state index contributed by atoms with van der Waals surface area (Å²) in [4.78, 5) is 13.2. The molecule has 0 amide bonds. The Morgan fingerprint density at radius 2 is 2.33 bits per heavy atom. The molecule has 0 aromatic carbocycles. The van der Waals surface area contributed by atoms with Gasteiger partial charge in [0.2, 0.25) is 0 Å². The van der Waals surface area contributed by atoms with Crippen molar-refractivity contribution in [2.24, 2.45) is 0 Å². The number of carboxylic acids is 1. The number of hydrogen-bond donors (Lipinski definition) is 1. The Hall–Kier alpha value is -1.07. The van der Waals surface area contributed by atoms with Crippen molar-refractivity contribution in [1.82, 2.24) is 0 Å². The minimum absolute atomic E-state index is 0.376. The summed E-state index contributed by atoms with van der Waals surface area (Å²) in [6, 6.07) is 3.48. The number of thiophene rings is 1. The van der Waals surface area contributed by atoms with Crippen molar-refractivity contribution in [1.29, 1.82) is 0 Å². The lowest BCUT2D eigenvalue weighted by Crippen LogP contribution is -2.25. The molecule has 0 bridgehead atoms. The number of likely N-dealkylation sites (N-methyl/N-ethyl adjacent to an activating group) is 1. The highest BCUT2D eigenvalue weighted by molar-refractivity contribution is 7.17. The number of anilines is 1. The smallest absolute Gasteiger partial charge is 0.345 e. The molecule has 5 heteroatoms. The zero-order valence-corrected chi connectivity index (χ0v) is 9.71.